The monoisotopic (exact) mass is 347 g/mol. The van der Waals surface area contributed by atoms with E-state index in [1.165, 1.54) is 17.9 Å². The summed E-state index contributed by atoms with van der Waals surface area (Å²) in [5, 5.41) is 0. The van der Waals surface area contributed by atoms with Gasteiger partial charge in [-0.3, -0.25) is 14.4 Å². The molecule has 6 nitrogen and oxygen atoms in total. The normalized spacial score (nSPS) is 21.4. The molecule has 3 amide bonds. The molecular formula is C18H22FN3O3. The standard InChI is InChI=1S/C18H22FN3O3/c1-13(23)20-7-4-8-21(10-9-20)18(25)14-11-17(24)22(12-14)16-6-3-2-5-15(16)19/h2-3,5-6,14H,4,7-12H2,1H3. The summed E-state index contributed by atoms with van der Waals surface area (Å²) in [6, 6.07) is 6.10. The van der Waals surface area contributed by atoms with Crippen molar-refractivity contribution in [1.29, 1.82) is 0 Å². The molecule has 1 aromatic carbocycles. The molecule has 3 rings (SSSR count). The number of carbonyl (C=O) groups excluding carboxylic acids is 3. The van der Waals surface area contributed by atoms with Gasteiger partial charge in [-0.25, -0.2) is 4.39 Å². The van der Waals surface area contributed by atoms with E-state index in [2.05, 4.69) is 0 Å². The van der Waals surface area contributed by atoms with Gasteiger partial charge in [0.25, 0.3) is 0 Å². The lowest BCUT2D eigenvalue weighted by Crippen LogP contribution is -2.40. The molecule has 1 aromatic rings. The summed E-state index contributed by atoms with van der Waals surface area (Å²) in [6.45, 7) is 3.93. The minimum Gasteiger partial charge on any atom is -0.341 e. The Balaban J connectivity index is 1.67. The average molecular weight is 347 g/mol. The topological polar surface area (TPSA) is 60.9 Å². The van der Waals surface area contributed by atoms with Crippen LogP contribution in [0.15, 0.2) is 24.3 Å². The lowest BCUT2D eigenvalue weighted by atomic mass is 10.1. The van der Waals surface area contributed by atoms with Crippen LogP contribution in [0.1, 0.15) is 19.8 Å². The van der Waals surface area contributed by atoms with Crippen molar-refractivity contribution in [3.63, 3.8) is 0 Å². The van der Waals surface area contributed by atoms with Crippen LogP contribution in [-0.2, 0) is 14.4 Å². The highest BCUT2D eigenvalue weighted by Gasteiger charge is 2.38. The third kappa shape index (κ3) is 3.65. The molecule has 2 aliphatic heterocycles. The van der Waals surface area contributed by atoms with E-state index in [0.29, 0.717) is 26.2 Å². The SMILES string of the molecule is CC(=O)N1CCCN(C(=O)C2CC(=O)N(c3ccccc3F)C2)CC1. The van der Waals surface area contributed by atoms with Crippen molar-refractivity contribution in [1.82, 2.24) is 9.80 Å². The summed E-state index contributed by atoms with van der Waals surface area (Å²) >= 11 is 0. The molecule has 1 unspecified atom stereocenters. The van der Waals surface area contributed by atoms with Crippen molar-refractivity contribution in [2.45, 2.75) is 19.8 Å². The van der Waals surface area contributed by atoms with Crippen molar-refractivity contribution >= 4 is 23.4 Å². The number of anilines is 1. The van der Waals surface area contributed by atoms with Gasteiger partial charge in [-0.2, -0.15) is 0 Å². The number of benzene rings is 1. The largest absolute Gasteiger partial charge is 0.341 e. The number of nitrogens with zero attached hydrogens (tertiary/aromatic N) is 3. The second kappa shape index (κ2) is 7.21. The second-order valence-corrected chi connectivity index (χ2v) is 6.54. The van der Waals surface area contributed by atoms with Gasteiger partial charge in [0, 0.05) is 46.1 Å². The molecule has 2 fully saturated rings. The van der Waals surface area contributed by atoms with Crippen LogP contribution in [0.4, 0.5) is 10.1 Å². The highest BCUT2D eigenvalue weighted by atomic mass is 19.1. The number of para-hydroxylation sites is 1. The van der Waals surface area contributed by atoms with Crippen molar-refractivity contribution in [2.24, 2.45) is 5.92 Å². The summed E-state index contributed by atoms with van der Waals surface area (Å²) in [4.78, 5) is 41.4. The molecule has 2 heterocycles. The Morgan fingerprint density at radius 2 is 1.76 bits per heavy atom. The molecule has 134 valence electrons. The predicted octanol–water partition coefficient (Wildman–Crippen LogP) is 1.26. The van der Waals surface area contributed by atoms with E-state index >= 15 is 0 Å². The Morgan fingerprint density at radius 1 is 1.08 bits per heavy atom. The first-order chi connectivity index (χ1) is 12.0. The lowest BCUT2D eigenvalue weighted by molar-refractivity contribution is -0.136. The molecule has 0 spiro atoms. The highest BCUT2D eigenvalue weighted by molar-refractivity contribution is 6.00. The van der Waals surface area contributed by atoms with Crippen LogP contribution in [0.2, 0.25) is 0 Å². The number of carbonyl (C=O) groups is 3. The average Bonchev–Trinajstić information content (AvgIpc) is 2.81. The molecule has 0 radical (unpaired) electrons. The van der Waals surface area contributed by atoms with E-state index in [1.807, 2.05) is 0 Å². The van der Waals surface area contributed by atoms with Crippen LogP contribution in [0.5, 0.6) is 0 Å². The molecule has 2 aliphatic rings. The van der Waals surface area contributed by atoms with Gasteiger partial charge in [-0.05, 0) is 18.6 Å². The Hall–Kier alpha value is -2.44. The molecular weight excluding hydrogens is 325 g/mol. The molecule has 7 heteroatoms. The highest BCUT2D eigenvalue weighted by Crippen LogP contribution is 2.28. The minimum absolute atomic E-state index is 0.0103. The first kappa shape index (κ1) is 17.4. The van der Waals surface area contributed by atoms with E-state index in [4.69, 9.17) is 0 Å². The molecule has 0 saturated carbocycles. The third-order valence-electron chi connectivity index (χ3n) is 4.87. The zero-order chi connectivity index (χ0) is 18.0. The molecule has 0 bridgehead atoms. The fourth-order valence-corrected chi connectivity index (χ4v) is 3.49. The van der Waals surface area contributed by atoms with Gasteiger partial charge >= 0.3 is 0 Å². The van der Waals surface area contributed by atoms with Crippen molar-refractivity contribution in [3.8, 4) is 0 Å². The quantitative estimate of drug-likeness (QED) is 0.809. The fourth-order valence-electron chi connectivity index (χ4n) is 3.49. The minimum atomic E-state index is -0.462. The molecule has 25 heavy (non-hydrogen) atoms. The Kier molecular flexibility index (Phi) is 5.01. The number of hydrogen-bond donors (Lipinski definition) is 0. The maximum Gasteiger partial charge on any atom is 0.228 e. The van der Waals surface area contributed by atoms with Gasteiger partial charge in [0.15, 0.2) is 0 Å². The van der Waals surface area contributed by atoms with Crippen LogP contribution in [0.25, 0.3) is 0 Å². The van der Waals surface area contributed by atoms with Crippen LogP contribution in [-0.4, -0.2) is 60.2 Å². The predicted molar refractivity (Wildman–Crippen MR) is 90.3 cm³/mol. The number of rotatable bonds is 2. The Bertz CT molecular complexity index is 694. The van der Waals surface area contributed by atoms with Crippen molar-refractivity contribution in [2.75, 3.05) is 37.6 Å². The molecule has 0 aliphatic carbocycles. The van der Waals surface area contributed by atoms with Crippen molar-refractivity contribution in [3.05, 3.63) is 30.1 Å². The zero-order valence-electron chi connectivity index (χ0n) is 14.3. The molecule has 0 aromatic heterocycles. The summed E-state index contributed by atoms with van der Waals surface area (Å²) in [5.41, 5.74) is 0.224. The van der Waals surface area contributed by atoms with E-state index in [0.717, 1.165) is 6.42 Å². The molecule has 1 atom stereocenters. The third-order valence-corrected chi connectivity index (χ3v) is 4.87. The van der Waals surface area contributed by atoms with Crippen LogP contribution < -0.4 is 4.90 Å². The van der Waals surface area contributed by atoms with E-state index < -0.39 is 11.7 Å². The molecule has 2 saturated heterocycles. The number of hydrogen-bond acceptors (Lipinski definition) is 3. The van der Waals surface area contributed by atoms with E-state index in [9.17, 15) is 18.8 Å². The van der Waals surface area contributed by atoms with Gasteiger partial charge in [0.1, 0.15) is 5.82 Å². The fraction of sp³-hybridized carbons (Fsp3) is 0.500. The van der Waals surface area contributed by atoms with Crippen molar-refractivity contribution < 1.29 is 18.8 Å². The number of halogens is 1. The maximum absolute atomic E-state index is 13.9. The van der Waals surface area contributed by atoms with Gasteiger partial charge in [0.2, 0.25) is 17.7 Å². The maximum atomic E-state index is 13.9. The lowest BCUT2D eigenvalue weighted by Gasteiger charge is -2.24. The smallest absolute Gasteiger partial charge is 0.228 e. The van der Waals surface area contributed by atoms with Gasteiger partial charge in [0.05, 0.1) is 11.6 Å². The van der Waals surface area contributed by atoms with Crippen LogP contribution in [0, 0.1) is 11.7 Å². The van der Waals surface area contributed by atoms with Crippen LogP contribution >= 0.6 is 0 Å². The van der Waals surface area contributed by atoms with E-state index in [1.54, 1.807) is 28.0 Å². The van der Waals surface area contributed by atoms with Gasteiger partial charge in [-0.1, -0.05) is 12.1 Å². The summed E-state index contributed by atoms with van der Waals surface area (Å²) < 4.78 is 13.9. The first-order valence-corrected chi connectivity index (χ1v) is 8.56. The van der Waals surface area contributed by atoms with Gasteiger partial charge in [-0.15, -0.1) is 0 Å². The van der Waals surface area contributed by atoms with Gasteiger partial charge < -0.3 is 14.7 Å². The summed E-state index contributed by atoms with van der Waals surface area (Å²) in [5.74, 6) is -1.23. The summed E-state index contributed by atoms with van der Waals surface area (Å²) in [6.07, 6.45) is 0.823. The molecule has 0 N–H and O–H groups in total. The Labute approximate surface area is 146 Å². The zero-order valence-corrected chi connectivity index (χ0v) is 14.3. The summed E-state index contributed by atoms with van der Waals surface area (Å²) in [7, 11) is 0. The van der Waals surface area contributed by atoms with Crippen LogP contribution in [0.3, 0.4) is 0 Å². The Morgan fingerprint density at radius 3 is 2.48 bits per heavy atom. The second-order valence-electron chi connectivity index (χ2n) is 6.54. The first-order valence-electron chi connectivity index (χ1n) is 8.56. The van der Waals surface area contributed by atoms with E-state index in [-0.39, 0.29) is 36.4 Å². The number of amides is 3.